The molecule has 1 aromatic heterocycles. The highest BCUT2D eigenvalue weighted by molar-refractivity contribution is 5.98. The van der Waals surface area contributed by atoms with Gasteiger partial charge in [0.25, 0.3) is 0 Å². The summed E-state index contributed by atoms with van der Waals surface area (Å²) < 4.78 is 0. The molecule has 2 atom stereocenters. The fourth-order valence-electron chi connectivity index (χ4n) is 2.18. The summed E-state index contributed by atoms with van der Waals surface area (Å²) in [6.45, 7) is 7.08. The van der Waals surface area contributed by atoms with E-state index in [0.717, 1.165) is 0 Å². The van der Waals surface area contributed by atoms with Gasteiger partial charge in [0.15, 0.2) is 5.78 Å². The number of amides is 1. The number of Topliss-reactive ketones (excluding diaryl/α,β-unsaturated/α-hetero) is 1. The van der Waals surface area contributed by atoms with E-state index < -0.39 is 18.7 Å². The van der Waals surface area contributed by atoms with Gasteiger partial charge < -0.3 is 20.7 Å². The lowest BCUT2D eigenvalue weighted by molar-refractivity contribution is -0.138. The Hall–Kier alpha value is -1.99. The monoisotopic (exact) mass is 308 g/mol. The molecular weight excluding hydrogens is 284 g/mol. The van der Waals surface area contributed by atoms with E-state index in [0.29, 0.717) is 24.2 Å². The highest BCUT2D eigenvalue weighted by Crippen LogP contribution is 2.11. The van der Waals surface area contributed by atoms with Gasteiger partial charge in [-0.3, -0.25) is 9.59 Å². The van der Waals surface area contributed by atoms with Gasteiger partial charge in [0.05, 0.1) is 24.7 Å². The maximum Gasteiger partial charge on any atom is 0.249 e. The van der Waals surface area contributed by atoms with Crippen molar-refractivity contribution in [2.75, 3.05) is 13.2 Å². The van der Waals surface area contributed by atoms with E-state index >= 15 is 0 Å². The van der Waals surface area contributed by atoms with Crippen molar-refractivity contribution in [3.63, 3.8) is 0 Å². The van der Waals surface area contributed by atoms with Gasteiger partial charge in [-0.25, -0.2) is 4.98 Å². The van der Waals surface area contributed by atoms with Crippen molar-refractivity contribution >= 4 is 11.7 Å². The molecule has 7 heteroatoms. The van der Waals surface area contributed by atoms with Crippen molar-refractivity contribution in [2.45, 2.75) is 38.8 Å². The first-order valence-corrected chi connectivity index (χ1v) is 7.32. The van der Waals surface area contributed by atoms with Crippen LogP contribution in [0.2, 0.25) is 0 Å². The molecule has 0 aliphatic rings. The largest absolute Gasteiger partial charge is 0.394 e. The molecule has 0 saturated carbocycles. The number of carbonyl (C=O) groups excluding carboxylic acids is 2. The number of nitrogens with one attached hydrogen (secondary N) is 1. The van der Waals surface area contributed by atoms with E-state index in [4.69, 9.17) is 5.73 Å². The normalized spacial score (nSPS) is 13.5. The molecule has 0 saturated heterocycles. The fourth-order valence-corrected chi connectivity index (χ4v) is 2.18. The summed E-state index contributed by atoms with van der Waals surface area (Å²) >= 11 is 0. The van der Waals surface area contributed by atoms with Crippen molar-refractivity contribution in [1.29, 1.82) is 0 Å². The Balaban J connectivity index is 2.85. The van der Waals surface area contributed by atoms with Crippen molar-refractivity contribution in [2.24, 2.45) is 5.73 Å². The lowest BCUT2D eigenvalue weighted by atomic mass is 10.00. The molecule has 1 unspecified atom stereocenters. The SMILES string of the molecule is C=C(CC)C(=O)N(CC)C(CO)C(=O)[C@@H](N)Cc1c[nH]cn1. The van der Waals surface area contributed by atoms with Crippen LogP contribution in [0.4, 0.5) is 0 Å². The zero-order valence-electron chi connectivity index (χ0n) is 13.1. The number of likely N-dealkylation sites (N-methyl/N-ethyl adjacent to an activating group) is 1. The first kappa shape index (κ1) is 18.1. The molecule has 0 aliphatic heterocycles. The lowest BCUT2D eigenvalue weighted by Gasteiger charge is -2.30. The van der Waals surface area contributed by atoms with Crippen LogP contribution in [0.5, 0.6) is 0 Å². The van der Waals surface area contributed by atoms with Crippen molar-refractivity contribution < 1.29 is 14.7 Å². The predicted octanol–water partition coefficient (Wildman–Crippen LogP) is 0.0242. The summed E-state index contributed by atoms with van der Waals surface area (Å²) in [5.41, 5.74) is 6.97. The molecule has 1 aromatic rings. The van der Waals surface area contributed by atoms with E-state index in [1.165, 1.54) is 11.2 Å². The van der Waals surface area contributed by atoms with Crippen molar-refractivity contribution in [3.8, 4) is 0 Å². The third-order valence-electron chi connectivity index (χ3n) is 3.56. The van der Waals surface area contributed by atoms with Crippen molar-refractivity contribution in [1.82, 2.24) is 14.9 Å². The number of aromatic nitrogens is 2. The van der Waals surface area contributed by atoms with Crippen LogP contribution in [0.15, 0.2) is 24.7 Å². The fraction of sp³-hybridized carbons (Fsp3) is 0.533. The number of aliphatic hydroxyl groups excluding tert-OH is 1. The zero-order valence-corrected chi connectivity index (χ0v) is 13.1. The second-order valence-corrected chi connectivity index (χ2v) is 5.02. The summed E-state index contributed by atoms with van der Waals surface area (Å²) in [5.74, 6) is -0.714. The molecular formula is C15H24N4O3. The van der Waals surface area contributed by atoms with E-state index in [2.05, 4.69) is 16.5 Å². The molecule has 0 spiro atoms. The number of ketones is 1. The summed E-state index contributed by atoms with van der Waals surface area (Å²) in [4.78, 5) is 32.9. The van der Waals surface area contributed by atoms with Gasteiger partial charge in [-0.05, 0) is 13.3 Å². The molecule has 0 bridgehead atoms. The number of carbonyl (C=O) groups is 2. The van der Waals surface area contributed by atoms with Crippen LogP contribution < -0.4 is 5.73 Å². The van der Waals surface area contributed by atoms with Gasteiger partial charge in [-0.2, -0.15) is 0 Å². The van der Waals surface area contributed by atoms with Crippen LogP contribution >= 0.6 is 0 Å². The van der Waals surface area contributed by atoms with Gasteiger partial charge in [-0.15, -0.1) is 0 Å². The molecule has 1 heterocycles. The van der Waals surface area contributed by atoms with Gasteiger partial charge >= 0.3 is 0 Å². The van der Waals surface area contributed by atoms with Crippen LogP contribution in [-0.4, -0.2) is 56.9 Å². The number of H-pyrrole nitrogens is 1. The topological polar surface area (TPSA) is 112 Å². The minimum absolute atomic E-state index is 0.249. The van der Waals surface area contributed by atoms with Crippen molar-refractivity contribution in [3.05, 3.63) is 30.4 Å². The number of aromatic amines is 1. The van der Waals surface area contributed by atoms with Gasteiger partial charge in [0, 0.05) is 24.7 Å². The number of hydrogen-bond acceptors (Lipinski definition) is 5. The molecule has 1 amide bonds. The van der Waals surface area contributed by atoms with E-state index in [1.54, 1.807) is 13.1 Å². The van der Waals surface area contributed by atoms with E-state index in [9.17, 15) is 14.7 Å². The Bertz CT molecular complexity index is 513. The molecule has 7 nitrogen and oxygen atoms in total. The summed E-state index contributed by atoms with van der Waals surface area (Å²) in [7, 11) is 0. The first-order valence-electron chi connectivity index (χ1n) is 7.32. The summed E-state index contributed by atoms with van der Waals surface area (Å²) in [6.07, 6.45) is 3.90. The summed E-state index contributed by atoms with van der Waals surface area (Å²) in [5, 5.41) is 9.55. The number of rotatable bonds is 9. The first-order chi connectivity index (χ1) is 10.5. The second-order valence-electron chi connectivity index (χ2n) is 5.02. The maximum atomic E-state index is 12.5. The standard InChI is InChI=1S/C15H24N4O3/c1-4-10(3)15(22)19(5-2)13(8-20)14(21)12(16)6-11-7-17-9-18-11/h7,9,12-13,20H,3-6,8,16H2,1-2H3,(H,17,18)/t12-,13?/m0/s1. The number of imidazole rings is 1. The highest BCUT2D eigenvalue weighted by Gasteiger charge is 2.32. The Morgan fingerprint density at radius 3 is 2.64 bits per heavy atom. The van der Waals surface area contributed by atoms with Crippen LogP contribution in [0.3, 0.4) is 0 Å². The third kappa shape index (κ3) is 4.25. The maximum absolute atomic E-state index is 12.5. The highest BCUT2D eigenvalue weighted by atomic mass is 16.3. The Labute approximate surface area is 130 Å². The number of hydrogen-bond donors (Lipinski definition) is 3. The smallest absolute Gasteiger partial charge is 0.249 e. The molecule has 0 radical (unpaired) electrons. The molecule has 1 rings (SSSR count). The van der Waals surface area contributed by atoms with E-state index in [1.807, 2.05) is 6.92 Å². The van der Waals surface area contributed by atoms with Gasteiger partial charge in [0.2, 0.25) is 5.91 Å². The van der Waals surface area contributed by atoms with Crippen LogP contribution in [-0.2, 0) is 16.0 Å². The zero-order chi connectivity index (χ0) is 16.7. The molecule has 0 aromatic carbocycles. The molecule has 0 aliphatic carbocycles. The molecule has 4 N–H and O–H groups in total. The lowest BCUT2D eigenvalue weighted by Crippen LogP contribution is -2.53. The Morgan fingerprint density at radius 2 is 2.18 bits per heavy atom. The molecule has 0 fully saturated rings. The number of nitrogens with zero attached hydrogens (tertiary/aromatic N) is 2. The third-order valence-corrected chi connectivity index (χ3v) is 3.56. The van der Waals surface area contributed by atoms with Gasteiger partial charge in [0.1, 0.15) is 6.04 Å². The minimum atomic E-state index is -0.963. The number of aliphatic hydroxyl groups is 1. The average molecular weight is 308 g/mol. The molecule has 122 valence electrons. The number of nitrogens with two attached hydrogens (primary N) is 1. The Kier molecular flexibility index (Phi) is 6.94. The summed E-state index contributed by atoms with van der Waals surface area (Å²) in [6, 6.07) is -1.80. The molecule has 22 heavy (non-hydrogen) atoms. The average Bonchev–Trinajstić information content (AvgIpc) is 3.03. The second kappa shape index (κ2) is 8.45. The minimum Gasteiger partial charge on any atom is -0.394 e. The predicted molar refractivity (Wildman–Crippen MR) is 83.0 cm³/mol. The van der Waals surface area contributed by atoms with Gasteiger partial charge in [-0.1, -0.05) is 13.5 Å². The Morgan fingerprint density at radius 1 is 1.50 bits per heavy atom. The van der Waals surface area contributed by atoms with Crippen LogP contribution in [0.25, 0.3) is 0 Å². The van der Waals surface area contributed by atoms with Crippen LogP contribution in [0, 0.1) is 0 Å². The van der Waals surface area contributed by atoms with E-state index in [-0.39, 0.29) is 18.1 Å². The van der Waals surface area contributed by atoms with Crippen LogP contribution in [0.1, 0.15) is 26.0 Å². The quantitative estimate of drug-likeness (QED) is 0.557.